The predicted octanol–water partition coefficient (Wildman–Crippen LogP) is 1.31. The van der Waals surface area contributed by atoms with Crippen LogP contribution in [0.15, 0.2) is 24.3 Å². The van der Waals surface area contributed by atoms with Crippen LogP contribution < -0.4 is 5.32 Å². The Morgan fingerprint density at radius 1 is 1.19 bits per heavy atom. The Morgan fingerprint density at radius 2 is 1.93 bits per heavy atom. The Balaban J connectivity index is 1.83. The molecule has 1 aliphatic heterocycles. The van der Waals surface area contributed by atoms with Crippen LogP contribution in [0.1, 0.15) is 36.2 Å². The van der Waals surface area contributed by atoms with E-state index in [9.17, 15) is 13.2 Å². The van der Waals surface area contributed by atoms with Crippen LogP contribution in [-0.4, -0.2) is 75.2 Å². The topological polar surface area (TPSA) is 79.0 Å². The summed E-state index contributed by atoms with van der Waals surface area (Å²) in [5.74, 6) is 0.0709. The van der Waals surface area contributed by atoms with Crippen molar-refractivity contribution in [2.45, 2.75) is 26.8 Å². The van der Waals surface area contributed by atoms with Gasteiger partial charge in [-0.1, -0.05) is 12.1 Å². The van der Waals surface area contributed by atoms with Gasteiger partial charge in [0.1, 0.15) is 0 Å². The van der Waals surface area contributed by atoms with E-state index in [4.69, 9.17) is 4.74 Å². The van der Waals surface area contributed by atoms with Gasteiger partial charge in [0.25, 0.3) is 5.91 Å². The number of ether oxygens (including phenoxy) is 1. The molecule has 0 bridgehead atoms. The van der Waals surface area contributed by atoms with E-state index < -0.39 is 10.0 Å². The van der Waals surface area contributed by atoms with E-state index in [0.29, 0.717) is 58.0 Å². The Morgan fingerprint density at radius 3 is 2.59 bits per heavy atom. The van der Waals surface area contributed by atoms with Gasteiger partial charge >= 0.3 is 0 Å². The molecule has 0 aromatic heterocycles. The summed E-state index contributed by atoms with van der Waals surface area (Å²) < 4.78 is 30.7. The summed E-state index contributed by atoms with van der Waals surface area (Å²) in [7, 11) is -3.11. The Bertz CT molecular complexity index is 701. The minimum atomic E-state index is -3.11. The number of hydrogen-bond donors (Lipinski definition) is 1. The van der Waals surface area contributed by atoms with Gasteiger partial charge < -0.3 is 10.1 Å². The van der Waals surface area contributed by atoms with E-state index in [1.54, 1.807) is 11.2 Å². The van der Waals surface area contributed by atoms with Crippen LogP contribution in [-0.2, 0) is 21.3 Å². The lowest BCUT2D eigenvalue weighted by Gasteiger charge is -2.33. The monoisotopic (exact) mass is 397 g/mol. The number of sulfonamides is 1. The third-order valence-corrected chi connectivity index (χ3v) is 6.52. The van der Waals surface area contributed by atoms with Crippen molar-refractivity contribution in [3.05, 3.63) is 35.4 Å². The first kappa shape index (κ1) is 21.8. The summed E-state index contributed by atoms with van der Waals surface area (Å²) in [5, 5.41) is 2.91. The fourth-order valence-electron chi connectivity index (χ4n) is 3.04. The van der Waals surface area contributed by atoms with Gasteiger partial charge in [-0.3, -0.25) is 9.69 Å². The second-order valence-electron chi connectivity index (χ2n) is 6.58. The first-order valence-corrected chi connectivity index (χ1v) is 11.2. The maximum Gasteiger partial charge on any atom is 0.251 e. The van der Waals surface area contributed by atoms with Crippen LogP contribution in [0.3, 0.4) is 0 Å². The van der Waals surface area contributed by atoms with Gasteiger partial charge in [-0.25, -0.2) is 8.42 Å². The lowest BCUT2D eigenvalue weighted by molar-refractivity contribution is 0.0944. The minimum absolute atomic E-state index is 0.0767. The van der Waals surface area contributed by atoms with Crippen molar-refractivity contribution in [3.8, 4) is 0 Å². The van der Waals surface area contributed by atoms with Crippen molar-refractivity contribution in [2.75, 3.05) is 51.7 Å². The average molecular weight is 398 g/mol. The normalized spacial score (nSPS) is 16.4. The van der Waals surface area contributed by atoms with Gasteiger partial charge in [0, 0.05) is 58.0 Å². The summed E-state index contributed by atoms with van der Waals surface area (Å²) in [4.78, 5) is 14.5. The van der Waals surface area contributed by atoms with Gasteiger partial charge in [-0.15, -0.1) is 0 Å². The Kier molecular flexibility index (Phi) is 8.69. The summed E-state index contributed by atoms with van der Waals surface area (Å²) in [6, 6.07) is 7.61. The highest BCUT2D eigenvalue weighted by atomic mass is 32.2. The molecule has 0 unspecified atom stereocenters. The van der Waals surface area contributed by atoms with Crippen molar-refractivity contribution >= 4 is 15.9 Å². The molecule has 0 atom stereocenters. The van der Waals surface area contributed by atoms with E-state index in [-0.39, 0.29) is 11.7 Å². The highest BCUT2D eigenvalue weighted by molar-refractivity contribution is 7.89. The third kappa shape index (κ3) is 6.88. The van der Waals surface area contributed by atoms with Gasteiger partial charge in [0.05, 0.1) is 5.75 Å². The maximum atomic E-state index is 12.3. The van der Waals surface area contributed by atoms with Gasteiger partial charge in [-0.2, -0.15) is 4.31 Å². The van der Waals surface area contributed by atoms with Crippen molar-refractivity contribution in [2.24, 2.45) is 0 Å². The van der Waals surface area contributed by atoms with E-state index >= 15 is 0 Å². The summed E-state index contributed by atoms with van der Waals surface area (Å²) >= 11 is 0. The van der Waals surface area contributed by atoms with Crippen LogP contribution in [0, 0.1) is 0 Å². The standard InChI is InChI=1S/C19H31N3O4S/c1-3-26-14-6-9-20-19(23)18-8-5-7-17(15-18)16-21-10-12-22(13-11-21)27(24,25)4-2/h5,7-8,15H,3-4,6,9-14,16H2,1-2H3,(H,20,23). The lowest BCUT2D eigenvalue weighted by atomic mass is 10.1. The van der Waals surface area contributed by atoms with Crippen LogP contribution >= 0.6 is 0 Å². The number of carbonyl (C=O) groups excluding carboxylic acids is 1. The van der Waals surface area contributed by atoms with Crippen molar-refractivity contribution in [1.82, 2.24) is 14.5 Å². The molecule has 1 saturated heterocycles. The lowest BCUT2D eigenvalue weighted by Crippen LogP contribution is -2.48. The van der Waals surface area contributed by atoms with Crippen LogP contribution in [0.4, 0.5) is 0 Å². The highest BCUT2D eigenvalue weighted by Crippen LogP contribution is 2.13. The SMILES string of the molecule is CCOCCCNC(=O)c1cccc(CN2CCN(S(=O)(=O)CC)CC2)c1. The smallest absolute Gasteiger partial charge is 0.251 e. The zero-order valence-corrected chi connectivity index (χ0v) is 17.1. The Hall–Kier alpha value is -1.48. The molecule has 1 heterocycles. The Labute approximate surface area is 162 Å². The molecule has 27 heavy (non-hydrogen) atoms. The third-order valence-electron chi connectivity index (χ3n) is 4.64. The van der Waals surface area contributed by atoms with Crippen molar-refractivity contribution in [1.29, 1.82) is 0 Å². The molecule has 1 aromatic rings. The molecule has 1 N–H and O–H groups in total. The molecule has 1 aliphatic rings. The maximum absolute atomic E-state index is 12.3. The molecule has 152 valence electrons. The molecule has 1 amide bonds. The number of nitrogens with one attached hydrogen (secondary N) is 1. The van der Waals surface area contributed by atoms with E-state index in [2.05, 4.69) is 10.2 Å². The number of rotatable bonds is 10. The van der Waals surface area contributed by atoms with Gasteiger partial charge in [-0.05, 0) is 38.0 Å². The number of hydrogen-bond acceptors (Lipinski definition) is 5. The van der Waals surface area contributed by atoms with Crippen molar-refractivity contribution < 1.29 is 17.9 Å². The minimum Gasteiger partial charge on any atom is -0.382 e. The molecule has 0 spiro atoms. The predicted molar refractivity (Wildman–Crippen MR) is 106 cm³/mol. The van der Waals surface area contributed by atoms with Gasteiger partial charge in [0.2, 0.25) is 10.0 Å². The number of benzene rings is 1. The molecule has 0 aliphatic carbocycles. The molecule has 8 heteroatoms. The molecular formula is C19H31N3O4S. The fourth-order valence-corrected chi connectivity index (χ4v) is 4.12. The number of amides is 1. The summed E-state index contributed by atoms with van der Waals surface area (Å²) in [5.41, 5.74) is 1.71. The molecule has 2 rings (SSSR count). The summed E-state index contributed by atoms with van der Waals surface area (Å²) in [6.07, 6.45) is 0.796. The molecule has 0 saturated carbocycles. The first-order valence-electron chi connectivity index (χ1n) is 9.61. The largest absolute Gasteiger partial charge is 0.382 e. The van der Waals surface area contributed by atoms with E-state index in [1.807, 2.05) is 31.2 Å². The number of carbonyl (C=O) groups is 1. The quantitative estimate of drug-likeness (QED) is 0.602. The fraction of sp³-hybridized carbons (Fsp3) is 0.632. The van der Waals surface area contributed by atoms with E-state index in [0.717, 1.165) is 12.0 Å². The second-order valence-corrected chi connectivity index (χ2v) is 8.84. The van der Waals surface area contributed by atoms with Crippen LogP contribution in [0.5, 0.6) is 0 Å². The number of piperazine rings is 1. The van der Waals surface area contributed by atoms with Crippen molar-refractivity contribution in [3.63, 3.8) is 0 Å². The van der Waals surface area contributed by atoms with E-state index in [1.165, 1.54) is 0 Å². The molecule has 1 aromatic carbocycles. The van der Waals surface area contributed by atoms with Crippen LogP contribution in [0.2, 0.25) is 0 Å². The molecule has 0 radical (unpaired) electrons. The highest BCUT2D eigenvalue weighted by Gasteiger charge is 2.25. The summed E-state index contributed by atoms with van der Waals surface area (Å²) in [6.45, 7) is 8.72. The molecular weight excluding hydrogens is 366 g/mol. The zero-order valence-electron chi connectivity index (χ0n) is 16.3. The number of nitrogens with zero attached hydrogens (tertiary/aromatic N) is 2. The van der Waals surface area contributed by atoms with Gasteiger partial charge in [0.15, 0.2) is 0 Å². The zero-order chi connectivity index (χ0) is 19.7. The van der Waals surface area contributed by atoms with Crippen LogP contribution in [0.25, 0.3) is 0 Å². The molecule has 1 fully saturated rings. The first-order chi connectivity index (χ1) is 13.0. The molecule has 7 nitrogen and oxygen atoms in total. The second kappa shape index (κ2) is 10.8. The average Bonchev–Trinajstić information content (AvgIpc) is 2.68.